The summed E-state index contributed by atoms with van der Waals surface area (Å²) < 4.78 is 14.2. The first-order valence-electron chi connectivity index (χ1n) is 5.78. The third-order valence-electron chi connectivity index (χ3n) is 2.37. The van der Waals surface area contributed by atoms with Crippen LogP contribution in [-0.4, -0.2) is 21.1 Å². The molecule has 0 aliphatic rings. The average molecular weight is 284 g/mol. The second-order valence-electron chi connectivity index (χ2n) is 3.92. The van der Waals surface area contributed by atoms with Gasteiger partial charge in [-0.2, -0.15) is 4.39 Å². The number of nitrogens with one attached hydrogen (secondary N) is 2. The Morgan fingerprint density at radius 3 is 3.05 bits per heavy atom. The van der Waals surface area contributed by atoms with E-state index in [1.807, 2.05) is 11.9 Å². The maximum absolute atomic E-state index is 13.1. The van der Waals surface area contributed by atoms with Crippen LogP contribution >= 0.6 is 11.3 Å². The van der Waals surface area contributed by atoms with Gasteiger partial charge in [-0.25, -0.2) is 9.78 Å². The van der Waals surface area contributed by atoms with Crippen molar-refractivity contribution in [2.75, 3.05) is 11.9 Å². The quantitative estimate of drug-likeness (QED) is 0.858. The number of nitrogens with zero attached hydrogens (tertiary/aromatic N) is 2. The lowest BCUT2D eigenvalue weighted by Crippen LogP contribution is -2.31. The number of halogens is 1. The van der Waals surface area contributed by atoms with Crippen molar-refractivity contribution in [2.45, 2.75) is 19.9 Å². The Kier molecular flexibility index (Phi) is 4.10. The van der Waals surface area contributed by atoms with Gasteiger partial charge in [0.2, 0.25) is 5.82 Å². The van der Waals surface area contributed by atoms with Gasteiger partial charge in [-0.3, -0.25) is 14.3 Å². The van der Waals surface area contributed by atoms with Crippen molar-refractivity contribution < 1.29 is 4.39 Å². The molecule has 2 heterocycles. The van der Waals surface area contributed by atoms with E-state index in [0.717, 1.165) is 33.7 Å². The first-order chi connectivity index (χ1) is 9.10. The van der Waals surface area contributed by atoms with E-state index in [2.05, 4.69) is 10.3 Å². The number of thiazole rings is 1. The van der Waals surface area contributed by atoms with Crippen LogP contribution in [0.2, 0.25) is 0 Å². The topological polar surface area (TPSA) is 79.8 Å². The monoisotopic (exact) mass is 284 g/mol. The first kappa shape index (κ1) is 13.5. The summed E-state index contributed by atoms with van der Waals surface area (Å²) in [5.41, 5.74) is -1.64. The predicted molar refractivity (Wildman–Crippen MR) is 71.3 cm³/mol. The summed E-state index contributed by atoms with van der Waals surface area (Å²) in [5.74, 6) is -0.978. The minimum Gasteiger partial charge on any atom is -0.362 e. The standard InChI is InChI=1S/C11H13FN4O2S/c1-2-3-13-10-14-4-7(19-10)5-16-6-8(12)9(17)15-11(16)18/h4,6H,2-3,5H2,1H3,(H,13,14)(H,15,17,18). The van der Waals surface area contributed by atoms with E-state index >= 15 is 0 Å². The molecule has 8 heteroatoms. The lowest BCUT2D eigenvalue weighted by atomic mass is 10.5. The molecule has 0 bridgehead atoms. The smallest absolute Gasteiger partial charge is 0.328 e. The average Bonchev–Trinajstić information content (AvgIpc) is 2.81. The molecule has 2 aromatic heterocycles. The first-order valence-corrected chi connectivity index (χ1v) is 6.59. The van der Waals surface area contributed by atoms with Crippen molar-refractivity contribution in [3.8, 4) is 0 Å². The van der Waals surface area contributed by atoms with Gasteiger partial charge in [-0.05, 0) is 6.42 Å². The predicted octanol–water partition coefficient (Wildman–Crippen LogP) is 1.00. The highest BCUT2D eigenvalue weighted by molar-refractivity contribution is 7.15. The van der Waals surface area contributed by atoms with Crippen LogP contribution in [0.3, 0.4) is 0 Å². The Morgan fingerprint density at radius 1 is 1.53 bits per heavy atom. The Bertz CT molecular complexity index is 676. The molecule has 0 unspecified atom stereocenters. The van der Waals surface area contributed by atoms with E-state index in [-0.39, 0.29) is 6.54 Å². The normalized spacial score (nSPS) is 10.6. The number of H-pyrrole nitrogens is 1. The van der Waals surface area contributed by atoms with Crippen LogP contribution in [0.25, 0.3) is 0 Å². The number of aromatic nitrogens is 3. The van der Waals surface area contributed by atoms with Crippen molar-refractivity contribution in [3.05, 3.63) is 43.9 Å². The fourth-order valence-electron chi connectivity index (χ4n) is 1.46. The number of anilines is 1. The van der Waals surface area contributed by atoms with E-state index in [1.54, 1.807) is 6.20 Å². The molecule has 6 nitrogen and oxygen atoms in total. The highest BCUT2D eigenvalue weighted by atomic mass is 32.1. The second kappa shape index (κ2) is 5.79. The molecule has 0 spiro atoms. The van der Waals surface area contributed by atoms with Crippen molar-refractivity contribution in [1.82, 2.24) is 14.5 Å². The van der Waals surface area contributed by atoms with Crippen LogP contribution in [-0.2, 0) is 6.54 Å². The Labute approximate surface area is 111 Å². The highest BCUT2D eigenvalue weighted by Gasteiger charge is 2.07. The van der Waals surface area contributed by atoms with E-state index in [0.29, 0.717) is 0 Å². The Balaban J connectivity index is 2.17. The van der Waals surface area contributed by atoms with Gasteiger partial charge >= 0.3 is 5.69 Å². The summed E-state index contributed by atoms with van der Waals surface area (Å²) in [6.45, 7) is 3.04. The molecule has 0 saturated carbocycles. The molecule has 19 heavy (non-hydrogen) atoms. The lowest BCUT2D eigenvalue weighted by molar-refractivity contribution is 0.567. The molecular weight excluding hydrogens is 271 g/mol. The van der Waals surface area contributed by atoms with Crippen LogP contribution in [0.1, 0.15) is 18.2 Å². The zero-order valence-corrected chi connectivity index (χ0v) is 11.1. The molecule has 0 aliphatic heterocycles. The third-order valence-corrected chi connectivity index (χ3v) is 3.31. The van der Waals surface area contributed by atoms with E-state index < -0.39 is 17.1 Å². The summed E-state index contributed by atoms with van der Waals surface area (Å²) in [5, 5.41) is 3.88. The summed E-state index contributed by atoms with van der Waals surface area (Å²) in [6.07, 6.45) is 3.51. The molecule has 0 aromatic carbocycles. The maximum atomic E-state index is 13.1. The molecule has 0 atom stereocenters. The summed E-state index contributed by atoms with van der Waals surface area (Å²) in [7, 11) is 0. The third kappa shape index (κ3) is 3.28. The molecule has 0 aliphatic carbocycles. The molecule has 0 saturated heterocycles. The summed E-state index contributed by atoms with van der Waals surface area (Å²) >= 11 is 1.39. The Hall–Kier alpha value is -1.96. The molecule has 2 N–H and O–H groups in total. The number of aromatic amines is 1. The van der Waals surface area contributed by atoms with Crippen LogP contribution in [0, 0.1) is 5.82 Å². The largest absolute Gasteiger partial charge is 0.362 e. The lowest BCUT2D eigenvalue weighted by Gasteiger charge is -2.02. The van der Waals surface area contributed by atoms with E-state index in [9.17, 15) is 14.0 Å². The van der Waals surface area contributed by atoms with Gasteiger partial charge in [0.25, 0.3) is 5.56 Å². The summed E-state index contributed by atoms with van der Waals surface area (Å²) in [6, 6.07) is 0. The SMILES string of the molecule is CCCNc1ncc(Cn2cc(F)c(=O)[nH]c2=O)s1. The molecule has 0 amide bonds. The van der Waals surface area contributed by atoms with Crippen molar-refractivity contribution >= 4 is 16.5 Å². The molecule has 2 aromatic rings. The minimum atomic E-state index is -1.00. The van der Waals surface area contributed by atoms with Gasteiger partial charge in [-0.1, -0.05) is 6.92 Å². The summed E-state index contributed by atoms with van der Waals surface area (Å²) in [4.78, 5) is 29.2. The van der Waals surface area contributed by atoms with Crippen molar-refractivity contribution in [2.24, 2.45) is 0 Å². The van der Waals surface area contributed by atoms with Gasteiger partial charge in [0, 0.05) is 17.6 Å². The molecule has 0 fully saturated rings. The number of rotatable bonds is 5. The number of hydrogen-bond acceptors (Lipinski definition) is 5. The highest BCUT2D eigenvalue weighted by Crippen LogP contribution is 2.18. The fraction of sp³-hybridized carbons (Fsp3) is 0.364. The van der Waals surface area contributed by atoms with Crippen molar-refractivity contribution in [3.63, 3.8) is 0 Å². The van der Waals surface area contributed by atoms with E-state index in [4.69, 9.17) is 0 Å². The minimum absolute atomic E-state index is 0.179. The Morgan fingerprint density at radius 2 is 2.32 bits per heavy atom. The molecule has 0 radical (unpaired) electrons. The number of hydrogen-bond donors (Lipinski definition) is 2. The molecule has 2 rings (SSSR count). The van der Waals surface area contributed by atoms with Crippen molar-refractivity contribution in [1.29, 1.82) is 0 Å². The van der Waals surface area contributed by atoms with Crippen LogP contribution in [0.4, 0.5) is 9.52 Å². The van der Waals surface area contributed by atoms with Crippen LogP contribution < -0.4 is 16.6 Å². The van der Waals surface area contributed by atoms with Gasteiger partial charge in [0.05, 0.1) is 12.7 Å². The zero-order valence-electron chi connectivity index (χ0n) is 10.3. The van der Waals surface area contributed by atoms with Gasteiger partial charge < -0.3 is 5.32 Å². The second-order valence-corrected chi connectivity index (χ2v) is 5.04. The van der Waals surface area contributed by atoms with Gasteiger partial charge in [0.1, 0.15) is 0 Å². The van der Waals surface area contributed by atoms with Crippen LogP contribution in [0.15, 0.2) is 22.0 Å². The fourth-order valence-corrected chi connectivity index (χ4v) is 2.30. The van der Waals surface area contributed by atoms with Gasteiger partial charge in [-0.15, -0.1) is 11.3 Å². The molecule has 102 valence electrons. The maximum Gasteiger partial charge on any atom is 0.328 e. The van der Waals surface area contributed by atoms with Crippen LogP contribution in [0.5, 0.6) is 0 Å². The van der Waals surface area contributed by atoms with E-state index in [1.165, 1.54) is 11.3 Å². The zero-order chi connectivity index (χ0) is 13.8. The van der Waals surface area contributed by atoms with Gasteiger partial charge in [0.15, 0.2) is 5.13 Å². The molecular formula is C11H13FN4O2S.